The maximum absolute atomic E-state index is 13.1. The lowest BCUT2D eigenvalue weighted by Crippen LogP contribution is -2.13. The van der Waals surface area contributed by atoms with Gasteiger partial charge in [0.25, 0.3) is 0 Å². The molecule has 1 rings (SSSR count). The summed E-state index contributed by atoms with van der Waals surface area (Å²) in [6.07, 6.45) is 0.612. The Hall–Kier alpha value is -1.58. The fourth-order valence-electron chi connectivity index (χ4n) is 0.936. The van der Waals surface area contributed by atoms with Gasteiger partial charge in [0, 0.05) is 18.8 Å². The molecule has 4 heteroatoms. The van der Waals surface area contributed by atoms with Crippen LogP contribution in [0.4, 0.5) is 10.1 Å². The summed E-state index contributed by atoms with van der Waals surface area (Å²) in [5.41, 5.74) is 0.494. The van der Waals surface area contributed by atoms with Crippen LogP contribution in [0.2, 0.25) is 0 Å². The summed E-state index contributed by atoms with van der Waals surface area (Å²) < 4.78 is 17.8. The molecule has 0 aliphatic heterocycles. The molecule has 0 radical (unpaired) electrons. The Bertz CT molecular complexity index is 314. The summed E-state index contributed by atoms with van der Waals surface area (Å²) in [7, 11) is 2.94. The Balaban J connectivity index is 3.02. The van der Waals surface area contributed by atoms with Crippen molar-refractivity contribution in [2.75, 3.05) is 19.1 Å². The van der Waals surface area contributed by atoms with Gasteiger partial charge in [0.05, 0.1) is 7.11 Å². The SMILES string of the molecule is COc1ccc(N(C)C=O)cc1F. The van der Waals surface area contributed by atoms with Crippen molar-refractivity contribution in [3.8, 4) is 5.75 Å². The Morgan fingerprint density at radius 2 is 2.23 bits per heavy atom. The highest BCUT2D eigenvalue weighted by atomic mass is 19.1. The van der Waals surface area contributed by atoms with Crippen LogP contribution in [-0.4, -0.2) is 20.6 Å². The number of rotatable bonds is 3. The lowest BCUT2D eigenvalue weighted by Gasteiger charge is -2.11. The van der Waals surface area contributed by atoms with Crippen molar-refractivity contribution >= 4 is 12.1 Å². The van der Waals surface area contributed by atoms with Gasteiger partial charge >= 0.3 is 0 Å². The molecule has 0 bridgehead atoms. The van der Waals surface area contributed by atoms with E-state index < -0.39 is 5.82 Å². The van der Waals surface area contributed by atoms with Gasteiger partial charge in [-0.25, -0.2) is 4.39 Å². The summed E-state index contributed by atoms with van der Waals surface area (Å²) in [5.74, 6) is -0.309. The van der Waals surface area contributed by atoms with E-state index in [9.17, 15) is 9.18 Å². The van der Waals surface area contributed by atoms with Crippen LogP contribution in [0.1, 0.15) is 0 Å². The van der Waals surface area contributed by atoms with E-state index in [0.29, 0.717) is 12.1 Å². The minimum absolute atomic E-state index is 0.169. The van der Waals surface area contributed by atoms with Crippen molar-refractivity contribution in [2.24, 2.45) is 0 Å². The number of carbonyl (C=O) groups excluding carboxylic acids is 1. The first-order valence-corrected chi connectivity index (χ1v) is 3.70. The molecule has 0 aliphatic rings. The van der Waals surface area contributed by atoms with Gasteiger partial charge < -0.3 is 9.64 Å². The quantitative estimate of drug-likeness (QED) is 0.663. The molecule has 1 aromatic carbocycles. The first kappa shape index (κ1) is 9.51. The third-order valence-electron chi connectivity index (χ3n) is 1.70. The molecule has 0 spiro atoms. The topological polar surface area (TPSA) is 29.5 Å². The number of anilines is 1. The smallest absolute Gasteiger partial charge is 0.213 e. The highest BCUT2D eigenvalue weighted by Gasteiger charge is 2.05. The number of hydrogen-bond acceptors (Lipinski definition) is 2. The fourth-order valence-corrected chi connectivity index (χ4v) is 0.936. The summed E-state index contributed by atoms with van der Waals surface area (Å²) >= 11 is 0. The highest BCUT2D eigenvalue weighted by Crippen LogP contribution is 2.21. The Morgan fingerprint density at radius 1 is 1.54 bits per heavy atom. The monoisotopic (exact) mass is 183 g/mol. The number of carbonyl (C=O) groups is 1. The van der Waals surface area contributed by atoms with Crippen molar-refractivity contribution in [3.63, 3.8) is 0 Å². The van der Waals surface area contributed by atoms with Crippen molar-refractivity contribution in [1.82, 2.24) is 0 Å². The van der Waals surface area contributed by atoms with Gasteiger partial charge in [-0.1, -0.05) is 0 Å². The lowest BCUT2D eigenvalue weighted by molar-refractivity contribution is -0.107. The van der Waals surface area contributed by atoms with Crippen LogP contribution in [0, 0.1) is 5.82 Å². The predicted molar refractivity (Wildman–Crippen MR) is 47.4 cm³/mol. The first-order valence-electron chi connectivity index (χ1n) is 3.70. The molecule has 1 aromatic rings. The fraction of sp³-hybridized carbons (Fsp3) is 0.222. The number of nitrogens with zero attached hydrogens (tertiary/aromatic N) is 1. The summed E-state index contributed by atoms with van der Waals surface area (Å²) in [5, 5.41) is 0. The van der Waals surface area contributed by atoms with Crippen LogP contribution >= 0.6 is 0 Å². The average molecular weight is 183 g/mol. The van der Waals surface area contributed by atoms with Crippen molar-refractivity contribution in [3.05, 3.63) is 24.0 Å². The Kier molecular flexibility index (Phi) is 2.84. The third kappa shape index (κ3) is 1.96. The van der Waals surface area contributed by atoms with Crippen molar-refractivity contribution in [1.29, 1.82) is 0 Å². The molecule has 0 unspecified atom stereocenters. The van der Waals surface area contributed by atoms with Gasteiger partial charge in [-0.2, -0.15) is 0 Å². The van der Waals surface area contributed by atoms with E-state index in [4.69, 9.17) is 4.74 Å². The largest absolute Gasteiger partial charge is 0.494 e. The second-order valence-corrected chi connectivity index (χ2v) is 2.54. The molecule has 0 heterocycles. The van der Waals surface area contributed by atoms with Gasteiger partial charge in [0.2, 0.25) is 6.41 Å². The second kappa shape index (κ2) is 3.89. The first-order chi connectivity index (χ1) is 6.19. The maximum atomic E-state index is 13.1. The molecule has 0 N–H and O–H groups in total. The minimum Gasteiger partial charge on any atom is -0.494 e. The van der Waals surface area contributed by atoms with Crippen molar-refractivity contribution < 1.29 is 13.9 Å². The Labute approximate surface area is 75.7 Å². The van der Waals surface area contributed by atoms with E-state index in [1.54, 1.807) is 13.1 Å². The van der Waals surface area contributed by atoms with E-state index in [0.717, 1.165) is 0 Å². The van der Waals surface area contributed by atoms with Crippen LogP contribution in [0.15, 0.2) is 18.2 Å². The van der Waals surface area contributed by atoms with E-state index in [-0.39, 0.29) is 5.75 Å². The molecule has 70 valence electrons. The predicted octanol–water partition coefficient (Wildman–Crippen LogP) is 1.43. The van der Waals surface area contributed by atoms with Crippen LogP contribution in [0.3, 0.4) is 0 Å². The molecule has 3 nitrogen and oxygen atoms in total. The second-order valence-electron chi connectivity index (χ2n) is 2.54. The molecule has 0 aromatic heterocycles. The maximum Gasteiger partial charge on any atom is 0.213 e. The van der Waals surface area contributed by atoms with E-state index in [1.807, 2.05) is 0 Å². The van der Waals surface area contributed by atoms with Crippen LogP contribution in [0.25, 0.3) is 0 Å². The van der Waals surface area contributed by atoms with Gasteiger partial charge in [0.15, 0.2) is 11.6 Å². The Morgan fingerprint density at radius 3 is 2.69 bits per heavy atom. The number of amides is 1. The van der Waals surface area contributed by atoms with Gasteiger partial charge in [-0.05, 0) is 12.1 Å². The number of halogens is 1. The van der Waals surface area contributed by atoms with Crippen LogP contribution in [-0.2, 0) is 4.79 Å². The van der Waals surface area contributed by atoms with Crippen LogP contribution < -0.4 is 9.64 Å². The summed E-state index contributed by atoms with van der Waals surface area (Å²) in [6, 6.07) is 4.33. The lowest BCUT2D eigenvalue weighted by atomic mass is 10.3. The molecule has 13 heavy (non-hydrogen) atoms. The van der Waals surface area contributed by atoms with Gasteiger partial charge in [-0.3, -0.25) is 4.79 Å². The molecular formula is C9H10FNO2. The zero-order valence-corrected chi connectivity index (χ0v) is 7.45. The van der Waals surface area contributed by atoms with E-state index >= 15 is 0 Å². The summed E-state index contributed by atoms with van der Waals surface area (Å²) in [6.45, 7) is 0. The molecule has 0 aliphatic carbocycles. The number of hydrogen-bond donors (Lipinski definition) is 0. The van der Waals surface area contributed by atoms with Gasteiger partial charge in [0.1, 0.15) is 0 Å². The average Bonchev–Trinajstić information content (AvgIpc) is 2.16. The summed E-state index contributed by atoms with van der Waals surface area (Å²) in [4.78, 5) is 11.6. The standard InChI is InChI=1S/C9H10FNO2/c1-11(6-12)7-3-4-9(13-2)8(10)5-7/h3-6H,1-2H3. The molecule has 0 saturated carbocycles. The van der Waals surface area contributed by atoms with E-state index in [2.05, 4.69) is 0 Å². The zero-order valence-electron chi connectivity index (χ0n) is 7.45. The molecule has 0 fully saturated rings. The molecule has 1 amide bonds. The number of ether oxygens (including phenoxy) is 1. The normalized spacial score (nSPS) is 9.46. The molecule has 0 saturated heterocycles. The number of methoxy groups -OCH3 is 1. The van der Waals surface area contributed by atoms with E-state index in [1.165, 1.54) is 24.1 Å². The van der Waals surface area contributed by atoms with Crippen molar-refractivity contribution in [2.45, 2.75) is 0 Å². The highest BCUT2D eigenvalue weighted by molar-refractivity contribution is 5.74. The minimum atomic E-state index is -0.478. The third-order valence-corrected chi connectivity index (χ3v) is 1.70. The molecular weight excluding hydrogens is 173 g/mol. The van der Waals surface area contributed by atoms with Crippen LogP contribution in [0.5, 0.6) is 5.75 Å². The zero-order chi connectivity index (χ0) is 9.84. The molecule has 0 atom stereocenters. The van der Waals surface area contributed by atoms with Gasteiger partial charge in [-0.15, -0.1) is 0 Å². The number of benzene rings is 1.